The van der Waals surface area contributed by atoms with Crippen LogP contribution >= 0.6 is 0 Å². The number of benzene rings is 1. The minimum Gasteiger partial charge on any atom is -0.478 e. The molecule has 114 valence electrons. The molecule has 0 aliphatic carbocycles. The van der Waals surface area contributed by atoms with Crippen molar-refractivity contribution in [1.29, 1.82) is 0 Å². The Balaban J connectivity index is 2.00. The van der Waals surface area contributed by atoms with Gasteiger partial charge in [-0.25, -0.2) is 14.0 Å². The molecule has 0 spiro atoms. The average Bonchev–Trinajstić information content (AvgIpc) is 2.26. The van der Waals surface area contributed by atoms with Crippen LogP contribution in [0.2, 0.25) is 0 Å². The quantitative estimate of drug-likeness (QED) is 0.911. The molecule has 2 rings (SSSR count). The number of ether oxygens (including phenoxy) is 1. The SMILES string of the molecule is CC(C)(C)OC(=O)N1CC(c2ccc(F)c(C(=O)O)c2)C1. The van der Waals surface area contributed by atoms with Crippen molar-refractivity contribution in [2.75, 3.05) is 13.1 Å². The predicted molar refractivity (Wildman–Crippen MR) is 73.9 cm³/mol. The topological polar surface area (TPSA) is 66.8 Å². The molecule has 0 radical (unpaired) electrons. The van der Waals surface area contributed by atoms with E-state index in [1.54, 1.807) is 31.7 Å². The highest BCUT2D eigenvalue weighted by Crippen LogP contribution is 2.29. The molecular weight excluding hydrogens is 277 g/mol. The third kappa shape index (κ3) is 3.51. The lowest BCUT2D eigenvalue weighted by Gasteiger charge is -2.40. The van der Waals surface area contributed by atoms with Crippen molar-refractivity contribution in [3.63, 3.8) is 0 Å². The normalized spacial score (nSPS) is 15.5. The Morgan fingerprint density at radius 3 is 2.48 bits per heavy atom. The molecule has 1 aliphatic rings. The van der Waals surface area contributed by atoms with Crippen molar-refractivity contribution in [1.82, 2.24) is 4.90 Å². The van der Waals surface area contributed by atoms with Crippen LogP contribution in [0.1, 0.15) is 42.6 Å². The summed E-state index contributed by atoms with van der Waals surface area (Å²) >= 11 is 0. The summed E-state index contributed by atoms with van der Waals surface area (Å²) in [7, 11) is 0. The van der Waals surface area contributed by atoms with Gasteiger partial charge in [0.15, 0.2) is 0 Å². The van der Waals surface area contributed by atoms with Gasteiger partial charge in [-0.3, -0.25) is 0 Å². The van der Waals surface area contributed by atoms with E-state index in [-0.39, 0.29) is 17.6 Å². The molecule has 1 heterocycles. The summed E-state index contributed by atoms with van der Waals surface area (Å²) in [4.78, 5) is 24.2. The zero-order valence-electron chi connectivity index (χ0n) is 12.2. The van der Waals surface area contributed by atoms with Crippen LogP contribution < -0.4 is 0 Å². The molecule has 1 aliphatic heterocycles. The Labute approximate surface area is 122 Å². The van der Waals surface area contributed by atoms with E-state index in [4.69, 9.17) is 9.84 Å². The summed E-state index contributed by atoms with van der Waals surface area (Å²) in [5.74, 6) is -2.04. The molecule has 1 N–H and O–H groups in total. The van der Waals surface area contributed by atoms with Crippen molar-refractivity contribution in [3.8, 4) is 0 Å². The fourth-order valence-electron chi connectivity index (χ4n) is 2.13. The van der Waals surface area contributed by atoms with E-state index in [2.05, 4.69) is 0 Å². The van der Waals surface area contributed by atoms with E-state index in [0.717, 1.165) is 6.07 Å². The summed E-state index contributed by atoms with van der Waals surface area (Å²) in [5.41, 5.74) is -0.175. The molecule has 0 aromatic heterocycles. The number of aromatic carboxylic acids is 1. The van der Waals surface area contributed by atoms with Gasteiger partial charge in [-0.05, 0) is 38.5 Å². The van der Waals surface area contributed by atoms with Crippen LogP contribution in [0.25, 0.3) is 0 Å². The fraction of sp³-hybridized carbons (Fsp3) is 0.467. The zero-order valence-corrected chi connectivity index (χ0v) is 12.2. The van der Waals surface area contributed by atoms with Crippen LogP contribution in [0.15, 0.2) is 18.2 Å². The van der Waals surface area contributed by atoms with Gasteiger partial charge >= 0.3 is 12.1 Å². The van der Waals surface area contributed by atoms with Gasteiger partial charge in [0.2, 0.25) is 0 Å². The van der Waals surface area contributed by atoms with Crippen LogP contribution in [0.5, 0.6) is 0 Å². The van der Waals surface area contributed by atoms with Crippen LogP contribution in [0.3, 0.4) is 0 Å². The molecule has 0 unspecified atom stereocenters. The maximum Gasteiger partial charge on any atom is 0.410 e. The maximum atomic E-state index is 13.3. The van der Waals surface area contributed by atoms with Gasteiger partial charge in [-0.2, -0.15) is 0 Å². The number of carbonyl (C=O) groups is 2. The summed E-state index contributed by atoms with van der Waals surface area (Å²) < 4.78 is 18.6. The highest BCUT2D eigenvalue weighted by molar-refractivity contribution is 5.88. The fourth-order valence-corrected chi connectivity index (χ4v) is 2.13. The van der Waals surface area contributed by atoms with E-state index in [1.165, 1.54) is 6.07 Å². The number of carbonyl (C=O) groups excluding carboxylic acids is 1. The highest BCUT2D eigenvalue weighted by atomic mass is 19.1. The van der Waals surface area contributed by atoms with Gasteiger partial charge < -0.3 is 14.7 Å². The smallest absolute Gasteiger partial charge is 0.410 e. The summed E-state index contributed by atoms with van der Waals surface area (Å²) in [6.45, 7) is 6.27. The largest absolute Gasteiger partial charge is 0.478 e. The van der Waals surface area contributed by atoms with Crippen molar-refractivity contribution in [2.24, 2.45) is 0 Å². The van der Waals surface area contributed by atoms with Crippen LogP contribution in [-0.2, 0) is 4.74 Å². The molecule has 1 aromatic rings. The van der Waals surface area contributed by atoms with E-state index in [1.807, 2.05) is 0 Å². The highest BCUT2D eigenvalue weighted by Gasteiger charge is 2.34. The Morgan fingerprint density at radius 2 is 1.95 bits per heavy atom. The van der Waals surface area contributed by atoms with Gasteiger partial charge in [0.05, 0.1) is 5.56 Å². The van der Waals surface area contributed by atoms with Crippen LogP contribution in [0.4, 0.5) is 9.18 Å². The summed E-state index contributed by atoms with van der Waals surface area (Å²) in [6.07, 6.45) is -0.390. The Morgan fingerprint density at radius 1 is 1.33 bits per heavy atom. The number of nitrogens with zero attached hydrogens (tertiary/aromatic N) is 1. The number of carboxylic acids is 1. The molecule has 0 saturated carbocycles. The number of likely N-dealkylation sites (tertiary alicyclic amines) is 1. The minimum atomic E-state index is -1.29. The molecule has 0 atom stereocenters. The number of carboxylic acid groups (broad SMARTS) is 1. The minimum absolute atomic E-state index is 0.0104. The van der Waals surface area contributed by atoms with Gasteiger partial charge in [-0.1, -0.05) is 6.07 Å². The second-order valence-corrected chi connectivity index (χ2v) is 6.13. The standard InChI is InChI=1S/C15H18FNO4/c1-15(2,3)21-14(20)17-7-10(8-17)9-4-5-12(16)11(6-9)13(18)19/h4-6,10H,7-8H2,1-3H3,(H,18,19). The first-order valence-electron chi connectivity index (χ1n) is 6.68. The van der Waals surface area contributed by atoms with E-state index in [0.29, 0.717) is 18.7 Å². The van der Waals surface area contributed by atoms with Gasteiger partial charge in [0.25, 0.3) is 0 Å². The number of amides is 1. The van der Waals surface area contributed by atoms with Gasteiger partial charge in [-0.15, -0.1) is 0 Å². The molecule has 1 amide bonds. The third-order valence-corrected chi connectivity index (χ3v) is 3.23. The Kier molecular flexibility index (Phi) is 3.89. The van der Waals surface area contributed by atoms with E-state index >= 15 is 0 Å². The van der Waals surface area contributed by atoms with Crippen molar-refractivity contribution >= 4 is 12.1 Å². The lowest BCUT2D eigenvalue weighted by Crippen LogP contribution is -2.50. The second kappa shape index (κ2) is 5.35. The molecule has 6 heteroatoms. The molecule has 1 fully saturated rings. The summed E-state index contributed by atoms with van der Waals surface area (Å²) in [5, 5.41) is 8.91. The number of halogens is 1. The zero-order chi connectivity index (χ0) is 15.8. The third-order valence-electron chi connectivity index (χ3n) is 3.23. The van der Waals surface area contributed by atoms with Crippen LogP contribution in [-0.4, -0.2) is 40.8 Å². The lowest BCUT2D eigenvalue weighted by atomic mass is 9.90. The van der Waals surface area contributed by atoms with Gasteiger partial charge in [0, 0.05) is 19.0 Å². The molecule has 0 bridgehead atoms. The van der Waals surface area contributed by atoms with E-state index < -0.39 is 17.4 Å². The second-order valence-electron chi connectivity index (χ2n) is 6.13. The number of rotatable bonds is 2. The molecule has 1 saturated heterocycles. The monoisotopic (exact) mass is 295 g/mol. The van der Waals surface area contributed by atoms with Crippen LogP contribution in [0, 0.1) is 5.82 Å². The Bertz CT molecular complexity index is 574. The molecular formula is C15H18FNO4. The Hall–Kier alpha value is -2.11. The first-order valence-corrected chi connectivity index (χ1v) is 6.68. The molecule has 1 aromatic carbocycles. The van der Waals surface area contributed by atoms with Crippen molar-refractivity contribution in [2.45, 2.75) is 32.3 Å². The number of hydrogen-bond donors (Lipinski definition) is 1. The van der Waals surface area contributed by atoms with Crippen molar-refractivity contribution in [3.05, 3.63) is 35.1 Å². The first kappa shape index (κ1) is 15.3. The average molecular weight is 295 g/mol. The summed E-state index contributed by atoms with van der Waals surface area (Å²) in [6, 6.07) is 4.03. The molecule has 5 nitrogen and oxygen atoms in total. The maximum absolute atomic E-state index is 13.3. The van der Waals surface area contributed by atoms with Crippen molar-refractivity contribution < 1.29 is 23.8 Å². The lowest BCUT2D eigenvalue weighted by molar-refractivity contribution is 0.00814. The number of hydrogen-bond acceptors (Lipinski definition) is 3. The van der Waals surface area contributed by atoms with Gasteiger partial charge in [0.1, 0.15) is 11.4 Å². The predicted octanol–water partition coefficient (Wildman–Crippen LogP) is 2.86. The first-order chi connectivity index (χ1) is 9.67. The van der Waals surface area contributed by atoms with E-state index in [9.17, 15) is 14.0 Å². The molecule has 21 heavy (non-hydrogen) atoms.